The summed E-state index contributed by atoms with van der Waals surface area (Å²) in [4.78, 5) is 11.2. The summed E-state index contributed by atoms with van der Waals surface area (Å²) in [5.74, 6) is -0.774. The van der Waals surface area contributed by atoms with Gasteiger partial charge in [0.1, 0.15) is 5.54 Å². The highest BCUT2D eigenvalue weighted by atomic mass is 16.5. The number of aliphatic carboxylic acids is 1. The van der Waals surface area contributed by atoms with Crippen LogP contribution in [-0.4, -0.2) is 36.4 Å². The molecule has 17 heavy (non-hydrogen) atoms. The molecule has 0 saturated carbocycles. The van der Waals surface area contributed by atoms with Crippen LogP contribution >= 0.6 is 0 Å². The standard InChI is InChI=1S/C13H27NO3/c1-5-8-11(3)17-10-7-9-13(6-2,14-4)12(15)16/h11,14H,5-10H2,1-4H3,(H,15,16). The normalized spacial score (nSPS) is 16.5. The first-order valence-corrected chi connectivity index (χ1v) is 6.56. The van der Waals surface area contributed by atoms with Crippen LogP contribution in [0.15, 0.2) is 0 Å². The van der Waals surface area contributed by atoms with Crippen LogP contribution < -0.4 is 5.32 Å². The van der Waals surface area contributed by atoms with Crippen molar-refractivity contribution in [3.8, 4) is 0 Å². The highest BCUT2D eigenvalue weighted by molar-refractivity contribution is 5.78. The third-order valence-corrected chi connectivity index (χ3v) is 3.34. The predicted octanol–water partition coefficient (Wildman–Crippen LogP) is 2.42. The topological polar surface area (TPSA) is 58.6 Å². The van der Waals surface area contributed by atoms with Crippen molar-refractivity contribution in [2.24, 2.45) is 0 Å². The third kappa shape index (κ3) is 5.50. The molecule has 2 unspecified atom stereocenters. The van der Waals surface area contributed by atoms with E-state index in [0.29, 0.717) is 19.4 Å². The van der Waals surface area contributed by atoms with Crippen molar-refractivity contribution in [1.82, 2.24) is 5.32 Å². The van der Waals surface area contributed by atoms with Crippen molar-refractivity contribution in [2.75, 3.05) is 13.7 Å². The molecule has 0 aromatic carbocycles. The van der Waals surface area contributed by atoms with Gasteiger partial charge in [-0.05, 0) is 39.7 Å². The van der Waals surface area contributed by atoms with E-state index < -0.39 is 11.5 Å². The van der Waals surface area contributed by atoms with Gasteiger partial charge in [0.05, 0.1) is 6.10 Å². The van der Waals surface area contributed by atoms with Crippen LogP contribution in [-0.2, 0) is 9.53 Å². The molecular formula is C13H27NO3. The van der Waals surface area contributed by atoms with Crippen molar-refractivity contribution in [3.63, 3.8) is 0 Å². The van der Waals surface area contributed by atoms with Gasteiger partial charge >= 0.3 is 5.97 Å². The first-order valence-electron chi connectivity index (χ1n) is 6.56. The predicted molar refractivity (Wildman–Crippen MR) is 69.3 cm³/mol. The Morgan fingerprint density at radius 3 is 2.53 bits per heavy atom. The van der Waals surface area contributed by atoms with E-state index in [0.717, 1.165) is 19.3 Å². The molecule has 2 N–H and O–H groups in total. The van der Waals surface area contributed by atoms with E-state index in [2.05, 4.69) is 19.2 Å². The molecule has 0 fully saturated rings. The van der Waals surface area contributed by atoms with Crippen molar-refractivity contribution in [3.05, 3.63) is 0 Å². The van der Waals surface area contributed by atoms with Crippen LogP contribution in [0.25, 0.3) is 0 Å². The van der Waals surface area contributed by atoms with Crippen LogP contribution in [0.3, 0.4) is 0 Å². The lowest BCUT2D eigenvalue weighted by Crippen LogP contribution is -2.50. The number of ether oxygens (including phenoxy) is 1. The Balaban J connectivity index is 3.95. The monoisotopic (exact) mass is 245 g/mol. The zero-order chi connectivity index (χ0) is 13.3. The smallest absolute Gasteiger partial charge is 0.323 e. The highest BCUT2D eigenvalue weighted by Gasteiger charge is 2.34. The second-order valence-electron chi connectivity index (χ2n) is 4.56. The molecule has 4 heteroatoms. The third-order valence-electron chi connectivity index (χ3n) is 3.34. The van der Waals surface area contributed by atoms with E-state index in [-0.39, 0.29) is 6.10 Å². The molecule has 0 aliphatic rings. The molecule has 0 saturated heterocycles. The summed E-state index contributed by atoms with van der Waals surface area (Å²) in [6, 6.07) is 0. The van der Waals surface area contributed by atoms with Crippen molar-refractivity contribution >= 4 is 5.97 Å². The summed E-state index contributed by atoms with van der Waals surface area (Å²) < 4.78 is 5.63. The summed E-state index contributed by atoms with van der Waals surface area (Å²) in [6.07, 6.45) is 4.41. The van der Waals surface area contributed by atoms with Gasteiger partial charge in [-0.25, -0.2) is 0 Å². The summed E-state index contributed by atoms with van der Waals surface area (Å²) in [5, 5.41) is 12.1. The second-order valence-corrected chi connectivity index (χ2v) is 4.56. The summed E-state index contributed by atoms with van der Waals surface area (Å²) >= 11 is 0. The minimum absolute atomic E-state index is 0.274. The lowest BCUT2D eigenvalue weighted by molar-refractivity contribution is -0.145. The number of likely N-dealkylation sites (N-methyl/N-ethyl adjacent to an activating group) is 1. The molecule has 0 heterocycles. The second kappa shape index (κ2) is 8.48. The Morgan fingerprint density at radius 1 is 1.47 bits per heavy atom. The summed E-state index contributed by atoms with van der Waals surface area (Å²) in [7, 11) is 1.71. The maximum absolute atomic E-state index is 11.2. The Hall–Kier alpha value is -0.610. The van der Waals surface area contributed by atoms with Crippen molar-refractivity contribution < 1.29 is 14.6 Å². The van der Waals surface area contributed by atoms with Gasteiger partial charge < -0.3 is 15.2 Å². The Morgan fingerprint density at radius 2 is 2.12 bits per heavy atom. The van der Waals surface area contributed by atoms with E-state index in [4.69, 9.17) is 4.74 Å². The molecule has 0 amide bonds. The molecule has 0 aromatic rings. The van der Waals surface area contributed by atoms with Gasteiger partial charge in [0.25, 0.3) is 0 Å². The molecule has 0 aromatic heterocycles. The number of hydrogen-bond donors (Lipinski definition) is 2. The average molecular weight is 245 g/mol. The Labute approximate surface area is 105 Å². The maximum atomic E-state index is 11.2. The van der Waals surface area contributed by atoms with Crippen LogP contribution in [0, 0.1) is 0 Å². The van der Waals surface area contributed by atoms with E-state index in [1.807, 2.05) is 6.92 Å². The van der Waals surface area contributed by atoms with E-state index >= 15 is 0 Å². The van der Waals surface area contributed by atoms with Crippen molar-refractivity contribution in [2.45, 2.75) is 64.5 Å². The largest absolute Gasteiger partial charge is 0.480 e. The van der Waals surface area contributed by atoms with Gasteiger partial charge in [-0.15, -0.1) is 0 Å². The van der Waals surface area contributed by atoms with Crippen LogP contribution in [0.2, 0.25) is 0 Å². The molecule has 102 valence electrons. The fourth-order valence-corrected chi connectivity index (χ4v) is 1.99. The molecule has 2 atom stereocenters. The van der Waals surface area contributed by atoms with Gasteiger partial charge in [-0.1, -0.05) is 20.3 Å². The fraction of sp³-hybridized carbons (Fsp3) is 0.923. The van der Waals surface area contributed by atoms with Gasteiger partial charge in [0, 0.05) is 6.61 Å². The van der Waals surface area contributed by atoms with Gasteiger partial charge in [0.15, 0.2) is 0 Å². The molecule has 0 spiro atoms. The van der Waals surface area contributed by atoms with Gasteiger partial charge in [-0.3, -0.25) is 4.79 Å². The molecule has 0 rings (SSSR count). The minimum Gasteiger partial charge on any atom is -0.480 e. The lowest BCUT2D eigenvalue weighted by Gasteiger charge is -2.27. The number of carbonyl (C=O) groups is 1. The van der Waals surface area contributed by atoms with Crippen LogP contribution in [0.1, 0.15) is 52.9 Å². The lowest BCUT2D eigenvalue weighted by atomic mass is 9.91. The molecule has 0 aliphatic heterocycles. The van der Waals surface area contributed by atoms with Gasteiger partial charge in [-0.2, -0.15) is 0 Å². The minimum atomic E-state index is -0.794. The van der Waals surface area contributed by atoms with Gasteiger partial charge in [0.2, 0.25) is 0 Å². The zero-order valence-corrected chi connectivity index (χ0v) is 11.6. The summed E-state index contributed by atoms with van der Waals surface area (Å²) in [5.41, 5.74) is -0.794. The number of carboxylic acids is 1. The average Bonchev–Trinajstić information content (AvgIpc) is 2.30. The first-order chi connectivity index (χ1) is 8.02. The number of hydrogen-bond acceptors (Lipinski definition) is 3. The number of rotatable bonds is 10. The maximum Gasteiger partial charge on any atom is 0.323 e. The van der Waals surface area contributed by atoms with Crippen molar-refractivity contribution in [1.29, 1.82) is 0 Å². The number of nitrogens with one attached hydrogen (secondary N) is 1. The fourth-order valence-electron chi connectivity index (χ4n) is 1.99. The quantitative estimate of drug-likeness (QED) is 0.580. The van der Waals surface area contributed by atoms with E-state index in [1.54, 1.807) is 7.05 Å². The number of carboxylic acid groups (broad SMARTS) is 1. The molecule has 0 radical (unpaired) electrons. The molecule has 0 bridgehead atoms. The molecule has 0 aliphatic carbocycles. The Bertz CT molecular complexity index is 215. The molecule has 4 nitrogen and oxygen atoms in total. The Kier molecular flexibility index (Phi) is 8.17. The highest BCUT2D eigenvalue weighted by Crippen LogP contribution is 2.17. The molecular weight excluding hydrogens is 218 g/mol. The zero-order valence-electron chi connectivity index (χ0n) is 11.6. The van der Waals surface area contributed by atoms with Crippen LogP contribution in [0.5, 0.6) is 0 Å². The SMILES string of the molecule is CCCC(C)OCCCC(CC)(NC)C(=O)O. The summed E-state index contributed by atoms with van der Waals surface area (Å²) in [6.45, 7) is 6.72. The van der Waals surface area contributed by atoms with E-state index in [1.165, 1.54) is 0 Å². The van der Waals surface area contributed by atoms with E-state index in [9.17, 15) is 9.90 Å². The first kappa shape index (κ1) is 16.4. The van der Waals surface area contributed by atoms with Crippen LogP contribution in [0.4, 0.5) is 0 Å².